The van der Waals surface area contributed by atoms with Crippen molar-refractivity contribution in [3.05, 3.63) is 68.1 Å². The van der Waals surface area contributed by atoms with Gasteiger partial charge in [0.15, 0.2) is 5.57 Å². The molecule has 196 valence electrons. The molecule has 11 heteroatoms. The number of benzene rings is 2. The van der Waals surface area contributed by atoms with Crippen molar-refractivity contribution in [3.63, 3.8) is 0 Å². The SMILES string of the molecule is CCNC(=O)/C(C#N)=c1\s/c(=C/Nc2cccc(NC(=O)CN3CCOc4ccccc43)c2)c(=O)n1CC. The number of fused-ring (bicyclic) bond motifs is 1. The third kappa shape index (κ3) is 5.87. The van der Waals surface area contributed by atoms with Gasteiger partial charge in [0, 0.05) is 30.7 Å². The molecular weight excluding hydrogens is 504 g/mol. The lowest BCUT2D eigenvalue weighted by molar-refractivity contribution is -0.116. The molecule has 0 unspecified atom stereocenters. The molecule has 3 aromatic rings. The second kappa shape index (κ2) is 12.1. The van der Waals surface area contributed by atoms with Crippen LogP contribution in [0.3, 0.4) is 0 Å². The Balaban J connectivity index is 1.51. The summed E-state index contributed by atoms with van der Waals surface area (Å²) in [5, 5.41) is 18.1. The summed E-state index contributed by atoms with van der Waals surface area (Å²) in [6, 6.07) is 16.7. The molecule has 4 rings (SSSR count). The minimum absolute atomic E-state index is 0.0944. The van der Waals surface area contributed by atoms with Crippen LogP contribution in [0.4, 0.5) is 17.1 Å². The number of hydrogen-bond donors (Lipinski definition) is 3. The first-order valence-electron chi connectivity index (χ1n) is 12.2. The highest BCUT2D eigenvalue weighted by atomic mass is 32.1. The largest absolute Gasteiger partial charge is 0.490 e. The van der Waals surface area contributed by atoms with E-state index < -0.39 is 5.91 Å². The van der Waals surface area contributed by atoms with E-state index in [1.807, 2.05) is 35.2 Å². The number of aromatic nitrogens is 1. The zero-order chi connectivity index (χ0) is 27.1. The number of anilines is 3. The molecule has 2 amide bonds. The number of hydrogen-bond acceptors (Lipinski definition) is 8. The summed E-state index contributed by atoms with van der Waals surface area (Å²) < 4.78 is 7.72. The molecule has 38 heavy (non-hydrogen) atoms. The molecule has 3 N–H and O–H groups in total. The van der Waals surface area contributed by atoms with Crippen molar-refractivity contribution in [1.82, 2.24) is 9.88 Å². The first-order valence-corrected chi connectivity index (χ1v) is 13.0. The maximum Gasteiger partial charge on any atom is 0.270 e. The van der Waals surface area contributed by atoms with E-state index in [4.69, 9.17) is 4.74 Å². The van der Waals surface area contributed by atoms with E-state index in [9.17, 15) is 19.6 Å². The maximum absolute atomic E-state index is 12.9. The molecule has 2 heterocycles. The number of carbonyl (C=O) groups excluding carboxylic acids is 2. The van der Waals surface area contributed by atoms with Crippen LogP contribution in [-0.2, 0) is 16.1 Å². The number of nitrogens with zero attached hydrogens (tertiary/aromatic N) is 3. The molecule has 1 aliphatic heterocycles. The molecule has 10 nitrogen and oxygen atoms in total. The summed E-state index contributed by atoms with van der Waals surface area (Å²) in [4.78, 5) is 40.0. The summed E-state index contributed by atoms with van der Waals surface area (Å²) in [5.41, 5.74) is 1.75. The van der Waals surface area contributed by atoms with Gasteiger partial charge in [0.25, 0.3) is 11.5 Å². The van der Waals surface area contributed by atoms with Crippen molar-refractivity contribution in [3.8, 4) is 11.8 Å². The molecule has 0 fully saturated rings. The van der Waals surface area contributed by atoms with Crippen molar-refractivity contribution >= 4 is 52.0 Å². The fraction of sp³-hybridized carbons (Fsp3) is 0.259. The van der Waals surface area contributed by atoms with Gasteiger partial charge in [-0.05, 0) is 44.2 Å². The lowest BCUT2D eigenvalue weighted by Crippen LogP contribution is -2.38. The Labute approximate surface area is 223 Å². The van der Waals surface area contributed by atoms with Crippen LogP contribution >= 0.6 is 11.3 Å². The number of carbonyl (C=O) groups is 2. The standard InChI is InChI=1S/C27H28N6O4S/c1-3-29-25(35)20(15-28)27-33(4-2)26(36)23(38-27)16-30-18-8-7-9-19(14-18)31-24(34)17-32-12-13-37-22-11-6-5-10-21(22)32/h5-11,14,16,30H,3-4,12-13,17H2,1-2H3,(H,29,35)(H,31,34)/b23-16+,27-20-. The van der Waals surface area contributed by atoms with Gasteiger partial charge in [-0.2, -0.15) is 5.26 Å². The molecule has 0 saturated heterocycles. The molecule has 0 bridgehead atoms. The number of nitriles is 1. The minimum Gasteiger partial charge on any atom is -0.490 e. The van der Waals surface area contributed by atoms with E-state index in [1.54, 1.807) is 44.3 Å². The molecule has 0 radical (unpaired) electrons. The van der Waals surface area contributed by atoms with E-state index in [2.05, 4.69) is 16.0 Å². The van der Waals surface area contributed by atoms with Crippen LogP contribution in [0.5, 0.6) is 5.75 Å². The summed E-state index contributed by atoms with van der Waals surface area (Å²) in [7, 11) is 0. The molecule has 1 aliphatic rings. The van der Waals surface area contributed by atoms with Crippen LogP contribution in [0.2, 0.25) is 0 Å². The van der Waals surface area contributed by atoms with E-state index in [0.717, 1.165) is 22.8 Å². The number of ether oxygens (including phenoxy) is 1. The van der Waals surface area contributed by atoms with Crippen LogP contribution in [0, 0.1) is 11.3 Å². The van der Waals surface area contributed by atoms with Crippen molar-refractivity contribution in [2.75, 3.05) is 41.8 Å². The first kappa shape index (κ1) is 26.5. The predicted octanol–water partition coefficient (Wildman–Crippen LogP) is 1.43. The van der Waals surface area contributed by atoms with Gasteiger partial charge in [0.2, 0.25) is 5.91 Å². The van der Waals surface area contributed by atoms with Gasteiger partial charge in [0.1, 0.15) is 27.6 Å². The van der Waals surface area contributed by atoms with Gasteiger partial charge in [0.05, 0.1) is 18.8 Å². The van der Waals surface area contributed by atoms with Gasteiger partial charge in [-0.3, -0.25) is 19.0 Å². The Bertz CT molecular complexity index is 1570. The van der Waals surface area contributed by atoms with Crippen LogP contribution in [0.15, 0.2) is 53.3 Å². The van der Waals surface area contributed by atoms with Gasteiger partial charge >= 0.3 is 0 Å². The van der Waals surface area contributed by atoms with Gasteiger partial charge in [-0.15, -0.1) is 11.3 Å². The predicted molar refractivity (Wildman–Crippen MR) is 149 cm³/mol. The molecule has 2 aromatic carbocycles. The van der Waals surface area contributed by atoms with Gasteiger partial charge in [-0.1, -0.05) is 18.2 Å². The zero-order valence-corrected chi connectivity index (χ0v) is 21.9. The summed E-state index contributed by atoms with van der Waals surface area (Å²) >= 11 is 1.07. The van der Waals surface area contributed by atoms with E-state index >= 15 is 0 Å². The van der Waals surface area contributed by atoms with E-state index in [1.165, 1.54) is 4.57 Å². The average molecular weight is 533 g/mol. The second-order valence-electron chi connectivity index (χ2n) is 8.32. The Morgan fingerprint density at radius 2 is 1.95 bits per heavy atom. The number of rotatable bonds is 8. The van der Waals surface area contributed by atoms with Crippen molar-refractivity contribution < 1.29 is 14.3 Å². The average Bonchev–Trinajstić information content (AvgIpc) is 3.23. The molecular formula is C27H28N6O4S. The smallest absolute Gasteiger partial charge is 0.270 e. The second-order valence-corrected chi connectivity index (χ2v) is 9.35. The zero-order valence-electron chi connectivity index (χ0n) is 21.1. The monoisotopic (exact) mass is 532 g/mol. The molecule has 0 aliphatic carbocycles. The Morgan fingerprint density at radius 1 is 1.16 bits per heavy atom. The summed E-state index contributed by atoms with van der Waals surface area (Å²) in [6.45, 7) is 5.54. The molecule has 0 saturated carbocycles. The topological polar surface area (TPSA) is 128 Å². The third-order valence-corrected chi connectivity index (χ3v) is 6.92. The minimum atomic E-state index is -0.512. The highest BCUT2D eigenvalue weighted by Gasteiger charge is 2.20. The summed E-state index contributed by atoms with van der Waals surface area (Å²) in [6.07, 6.45) is 1.54. The normalized spacial score (nSPS) is 13.6. The van der Waals surface area contributed by atoms with Gasteiger partial charge in [-0.25, -0.2) is 0 Å². The van der Waals surface area contributed by atoms with Crippen LogP contribution in [-0.4, -0.2) is 42.6 Å². The molecule has 0 spiro atoms. The third-order valence-electron chi connectivity index (χ3n) is 5.79. The lowest BCUT2D eigenvalue weighted by Gasteiger charge is -2.30. The maximum atomic E-state index is 12.9. The Hall–Kier alpha value is -4.56. The number of thiazole rings is 1. The Morgan fingerprint density at radius 3 is 2.71 bits per heavy atom. The highest BCUT2D eigenvalue weighted by molar-refractivity contribution is 7.07. The van der Waals surface area contributed by atoms with E-state index in [-0.39, 0.29) is 23.6 Å². The lowest BCUT2D eigenvalue weighted by atomic mass is 10.2. The van der Waals surface area contributed by atoms with Crippen LogP contribution < -0.4 is 40.3 Å². The summed E-state index contributed by atoms with van der Waals surface area (Å²) in [5.74, 6) is 0.0843. The highest BCUT2D eigenvalue weighted by Crippen LogP contribution is 2.30. The number of para-hydroxylation sites is 2. The fourth-order valence-corrected chi connectivity index (χ4v) is 5.12. The molecule has 0 atom stereocenters. The van der Waals surface area contributed by atoms with Crippen LogP contribution in [0.25, 0.3) is 11.8 Å². The Kier molecular flexibility index (Phi) is 8.45. The fourth-order valence-electron chi connectivity index (χ4n) is 4.04. The van der Waals surface area contributed by atoms with Crippen LogP contribution in [0.1, 0.15) is 13.8 Å². The van der Waals surface area contributed by atoms with E-state index in [0.29, 0.717) is 46.8 Å². The number of nitrogens with one attached hydrogen (secondary N) is 3. The number of amides is 2. The first-order chi connectivity index (χ1) is 18.4. The molecule has 1 aromatic heterocycles. The van der Waals surface area contributed by atoms with Crippen molar-refractivity contribution in [2.24, 2.45) is 0 Å². The van der Waals surface area contributed by atoms with Gasteiger partial charge < -0.3 is 25.6 Å². The van der Waals surface area contributed by atoms with Crippen molar-refractivity contribution in [1.29, 1.82) is 5.26 Å². The quantitative estimate of drug-likeness (QED) is 0.400. The van der Waals surface area contributed by atoms with Crippen molar-refractivity contribution in [2.45, 2.75) is 20.4 Å².